The highest BCUT2D eigenvalue weighted by Crippen LogP contribution is 2.12. The molecule has 0 aliphatic rings. The fourth-order valence-corrected chi connectivity index (χ4v) is 1.96. The molecule has 0 aliphatic carbocycles. The van der Waals surface area contributed by atoms with Gasteiger partial charge in [-0.2, -0.15) is 0 Å². The van der Waals surface area contributed by atoms with Crippen LogP contribution in [0.3, 0.4) is 0 Å². The van der Waals surface area contributed by atoms with Gasteiger partial charge in [-0.1, -0.05) is 23.7 Å². The van der Waals surface area contributed by atoms with Crippen molar-refractivity contribution >= 4 is 29.2 Å². The van der Waals surface area contributed by atoms with E-state index in [1.165, 1.54) is 31.2 Å². The van der Waals surface area contributed by atoms with Crippen LogP contribution in [0.15, 0.2) is 48.5 Å². The Balaban J connectivity index is 1.86. The number of carbonyl (C=O) groups excluding carboxylic acids is 2. The van der Waals surface area contributed by atoms with Gasteiger partial charge in [0.05, 0.1) is 6.42 Å². The lowest BCUT2D eigenvalue weighted by Crippen LogP contribution is -2.30. The highest BCUT2D eigenvalue weighted by Gasteiger charge is 2.18. The van der Waals surface area contributed by atoms with Crippen LogP contribution < -0.4 is 5.32 Å². The van der Waals surface area contributed by atoms with Crippen molar-refractivity contribution in [3.8, 4) is 0 Å². The summed E-state index contributed by atoms with van der Waals surface area (Å²) in [5.74, 6) is -1.40. The second-order valence-electron chi connectivity index (χ2n) is 4.93. The van der Waals surface area contributed by atoms with Crippen molar-refractivity contribution in [2.24, 2.45) is 0 Å². The largest absolute Gasteiger partial charge is 0.452 e. The Kier molecular flexibility index (Phi) is 5.71. The number of esters is 1. The molecule has 1 N–H and O–H groups in total. The van der Waals surface area contributed by atoms with Gasteiger partial charge in [-0.15, -0.1) is 0 Å². The molecule has 0 spiro atoms. The Morgan fingerprint density at radius 2 is 1.74 bits per heavy atom. The van der Waals surface area contributed by atoms with Crippen LogP contribution in [0.2, 0.25) is 5.02 Å². The molecular weight excluding hydrogens is 321 g/mol. The average molecular weight is 336 g/mol. The maximum absolute atomic E-state index is 12.8. The molecule has 4 nitrogen and oxygen atoms in total. The first-order valence-electron chi connectivity index (χ1n) is 6.94. The van der Waals surface area contributed by atoms with E-state index in [9.17, 15) is 14.0 Å². The third-order valence-electron chi connectivity index (χ3n) is 3.05. The second-order valence-corrected chi connectivity index (χ2v) is 5.37. The van der Waals surface area contributed by atoms with E-state index in [0.29, 0.717) is 10.7 Å². The summed E-state index contributed by atoms with van der Waals surface area (Å²) in [6.45, 7) is 1.47. The zero-order valence-corrected chi connectivity index (χ0v) is 13.1. The zero-order chi connectivity index (χ0) is 16.8. The van der Waals surface area contributed by atoms with E-state index in [0.717, 1.165) is 5.56 Å². The summed E-state index contributed by atoms with van der Waals surface area (Å²) in [4.78, 5) is 23.8. The van der Waals surface area contributed by atoms with E-state index in [4.69, 9.17) is 16.3 Å². The third kappa shape index (κ3) is 5.38. The number of benzene rings is 2. The lowest BCUT2D eigenvalue weighted by molar-refractivity contribution is -0.152. The molecule has 6 heteroatoms. The average Bonchev–Trinajstić information content (AvgIpc) is 2.51. The molecule has 0 aliphatic heterocycles. The number of rotatable bonds is 5. The Labute approximate surface area is 138 Å². The molecule has 0 fully saturated rings. The summed E-state index contributed by atoms with van der Waals surface area (Å²) in [6.07, 6.45) is -0.912. The number of anilines is 1. The van der Waals surface area contributed by atoms with Gasteiger partial charge in [0.1, 0.15) is 5.82 Å². The number of ether oxygens (including phenoxy) is 1. The summed E-state index contributed by atoms with van der Waals surface area (Å²) < 4.78 is 17.9. The Morgan fingerprint density at radius 1 is 1.13 bits per heavy atom. The number of hydrogen-bond donors (Lipinski definition) is 1. The molecule has 0 unspecified atom stereocenters. The Hall–Kier alpha value is -2.40. The van der Waals surface area contributed by atoms with E-state index >= 15 is 0 Å². The standard InChI is InChI=1S/C17H15ClFNO3/c1-11(17(22)20-15-8-6-14(19)7-9-15)23-16(21)10-12-2-4-13(18)5-3-12/h2-9,11H,10H2,1H3,(H,20,22)/t11-/m1/s1. The lowest BCUT2D eigenvalue weighted by Gasteiger charge is -2.13. The first kappa shape index (κ1) is 17.0. The van der Waals surface area contributed by atoms with Gasteiger partial charge in [0.2, 0.25) is 0 Å². The maximum Gasteiger partial charge on any atom is 0.311 e. The SMILES string of the molecule is C[C@@H](OC(=O)Cc1ccc(Cl)cc1)C(=O)Nc1ccc(F)cc1. The van der Waals surface area contributed by atoms with Crippen LogP contribution in [-0.2, 0) is 20.7 Å². The van der Waals surface area contributed by atoms with Crippen LogP contribution in [0.5, 0.6) is 0 Å². The van der Waals surface area contributed by atoms with Crippen LogP contribution in [0.25, 0.3) is 0 Å². The molecule has 2 aromatic carbocycles. The number of carbonyl (C=O) groups is 2. The van der Waals surface area contributed by atoms with Gasteiger partial charge in [-0.05, 0) is 48.9 Å². The summed E-state index contributed by atoms with van der Waals surface area (Å²) in [6, 6.07) is 12.1. The third-order valence-corrected chi connectivity index (χ3v) is 3.30. The lowest BCUT2D eigenvalue weighted by atomic mass is 10.1. The quantitative estimate of drug-likeness (QED) is 0.849. The molecule has 2 aromatic rings. The van der Waals surface area contributed by atoms with Gasteiger partial charge in [0.15, 0.2) is 6.10 Å². The van der Waals surface area contributed by atoms with Gasteiger partial charge in [-0.3, -0.25) is 9.59 Å². The fourth-order valence-electron chi connectivity index (χ4n) is 1.84. The van der Waals surface area contributed by atoms with Crippen molar-refractivity contribution in [2.45, 2.75) is 19.4 Å². The topological polar surface area (TPSA) is 55.4 Å². The van der Waals surface area contributed by atoms with Crippen molar-refractivity contribution in [1.29, 1.82) is 0 Å². The molecule has 0 aromatic heterocycles. The van der Waals surface area contributed by atoms with E-state index in [2.05, 4.69) is 5.32 Å². The number of halogens is 2. The van der Waals surface area contributed by atoms with E-state index < -0.39 is 23.8 Å². The summed E-state index contributed by atoms with van der Waals surface area (Å²) in [5, 5.41) is 3.12. The van der Waals surface area contributed by atoms with Crippen LogP contribution >= 0.6 is 11.6 Å². The zero-order valence-electron chi connectivity index (χ0n) is 12.4. The number of amides is 1. The normalized spacial score (nSPS) is 11.6. The summed E-state index contributed by atoms with van der Waals surface area (Å²) >= 11 is 5.77. The molecule has 0 saturated heterocycles. The van der Waals surface area contributed by atoms with E-state index in [-0.39, 0.29) is 6.42 Å². The highest BCUT2D eigenvalue weighted by atomic mass is 35.5. The van der Waals surface area contributed by atoms with Gasteiger partial charge in [0.25, 0.3) is 5.91 Å². The summed E-state index contributed by atoms with van der Waals surface area (Å²) in [7, 11) is 0. The van der Waals surface area contributed by atoms with Crippen LogP contribution in [-0.4, -0.2) is 18.0 Å². The van der Waals surface area contributed by atoms with Gasteiger partial charge < -0.3 is 10.1 Å². The Morgan fingerprint density at radius 3 is 2.35 bits per heavy atom. The van der Waals surface area contributed by atoms with E-state index in [1.54, 1.807) is 24.3 Å². The van der Waals surface area contributed by atoms with Crippen LogP contribution in [0.4, 0.5) is 10.1 Å². The summed E-state index contributed by atoms with van der Waals surface area (Å²) in [5.41, 5.74) is 1.17. The van der Waals surface area contributed by atoms with Crippen molar-refractivity contribution in [2.75, 3.05) is 5.32 Å². The first-order chi connectivity index (χ1) is 10.9. The van der Waals surface area contributed by atoms with Crippen molar-refractivity contribution in [3.05, 3.63) is 64.9 Å². The molecule has 0 heterocycles. The maximum atomic E-state index is 12.8. The molecule has 120 valence electrons. The minimum absolute atomic E-state index is 0.0470. The second kappa shape index (κ2) is 7.74. The predicted molar refractivity (Wildman–Crippen MR) is 85.7 cm³/mol. The molecule has 2 rings (SSSR count). The van der Waals surface area contributed by atoms with E-state index in [1.807, 2.05) is 0 Å². The first-order valence-corrected chi connectivity index (χ1v) is 7.32. The number of hydrogen-bond acceptors (Lipinski definition) is 3. The monoisotopic (exact) mass is 335 g/mol. The smallest absolute Gasteiger partial charge is 0.311 e. The molecule has 1 amide bonds. The van der Waals surface area contributed by atoms with Crippen molar-refractivity contribution < 1.29 is 18.7 Å². The minimum Gasteiger partial charge on any atom is -0.452 e. The molecule has 23 heavy (non-hydrogen) atoms. The molecule has 0 saturated carbocycles. The molecule has 1 atom stereocenters. The van der Waals surface area contributed by atoms with Gasteiger partial charge in [-0.25, -0.2) is 4.39 Å². The Bertz CT molecular complexity index is 686. The van der Waals surface area contributed by atoms with Gasteiger partial charge in [0, 0.05) is 10.7 Å². The van der Waals surface area contributed by atoms with Crippen molar-refractivity contribution in [1.82, 2.24) is 0 Å². The molecular formula is C17H15ClFNO3. The molecule has 0 radical (unpaired) electrons. The fraction of sp³-hybridized carbons (Fsp3) is 0.176. The van der Waals surface area contributed by atoms with Gasteiger partial charge >= 0.3 is 5.97 Å². The van der Waals surface area contributed by atoms with Crippen LogP contribution in [0, 0.1) is 5.82 Å². The highest BCUT2D eigenvalue weighted by molar-refractivity contribution is 6.30. The van der Waals surface area contributed by atoms with Crippen molar-refractivity contribution in [3.63, 3.8) is 0 Å². The van der Waals surface area contributed by atoms with Crippen LogP contribution in [0.1, 0.15) is 12.5 Å². The number of nitrogens with one attached hydrogen (secondary N) is 1. The molecule has 0 bridgehead atoms. The minimum atomic E-state index is -0.958. The predicted octanol–water partition coefficient (Wildman–Crippen LogP) is 3.59.